The van der Waals surface area contributed by atoms with Crippen molar-refractivity contribution in [3.63, 3.8) is 0 Å². The first kappa shape index (κ1) is 17.4. The summed E-state index contributed by atoms with van der Waals surface area (Å²) in [6.45, 7) is 0. The second kappa shape index (κ2) is 6.90. The maximum Gasteiger partial charge on any atom is 3.00 e. The molecule has 4 rings (SSSR count). The number of hydrogen-bond donors (Lipinski definition) is 0. The zero-order valence-corrected chi connectivity index (χ0v) is 14.6. The fraction of sp³-hybridized carbons (Fsp3) is 0.0588. The Morgan fingerprint density at radius 3 is 2.60 bits per heavy atom. The van der Waals surface area contributed by atoms with Crippen molar-refractivity contribution in [2.75, 3.05) is 0 Å². The van der Waals surface area contributed by atoms with Gasteiger partial charge in [0.05, 0.1) is 0 Å². The Balaban J connectivity index is 0.000000667. The van der Waals surface area contributed by atoms with Gasteiger partial charge in [-0.15, -0.1) is 11.6 Å². The number of benzene rings is 2. The van der Waals surface area contributed by atoms with Crippen LogP contribution in [0.25, 0.3) is 16.3 Å². The molecule has 2 aliphatic rings. The number of halogens is 2. The summed E-state index contributed by atoms with van der Waals surface area (Å²) in [7, 11) is 0. The summed E-state index contributed by atoms with van der Waals surface area (Å²) in [4.78, 5) is 0. The smallest absolute Gasteiger partial charge is 1.00 e. The number of fused-ring (bicyclic) bond motifs is 5. The molecule has 0 spiro atoms. The molecule has 1 radical (unpaired) electrons. The fourth-order valence-corrected chi connectivity index (χ4v) is 2.79. The molecule has 0 nitrogen and oxygen atoms in total. The molecule has 2 aliphatic carbocycles. The number of allylic oxidation sites excluding steroid dienone is 6. The van der Waals surface area contributed by atoms with Crippen molar-refractivity contribution in [2.24, 2.45) is 0 Å². The normalized spacial score (nSPS) is 14.0. The summed E-state index contributed by atoms with van der Waals surface area (Å²) in [5.41, 5.74) is 5.43. The molecule has 0 bridgehead atoms. The third-order valence-corrected chi connectivity index (χ3v) is 3.59. The van der Waals surface area contributed by atoms with Crippen LogP contribution in [0, 0.1) is 6.08 Å². The first-order valence-electron chi connectivity index (χ1n) is 5.95. The summed E-state index contributed by atoms with van der Waals surface area (Å²) in [5.74, 6) is 0. The zero-order valence-electron chi connectivity index (χ0n) is 10.7. The minimum Gasteiger partial charge on any atom is -1.00 e. The number of hydrogen-bond acceptors (Lipinski definition) is 0. The van der Waals surface area contributed by atoms with Crippen molar-refractivity contribution in [2.45, 2.75) is 6.42 Å². The van der Waals surface area contributed by atoms with Gasteiger partial charge in [0, 0.05) is 0 Å². The quantitative estimate of drug-likeness (QED) is 0.470. The second-order valence-electron chi connectivity index (χ2n) is 4.53. The van der Waals surface area contributed by atoms with E-state index in [1.54, 1.807) is 0 Å². The average molecular weight is 377 g/mol. The Kier molecular flexibility index (Phi) is 6.01. The van der Waals surface area contributed by atoms with Gasteiger partial charge in [-0.2, -0.15) is 23.8 Å². The molecule has 2 aromatic rings. The minimum absolute atomic E-state index is 0. The van der Waals surface area contributed by atoms with Gasteiger partial charge in [-0.25, -0.2) is 0 Å². The van der Waals surface area contributed by atoms with Crippen molar-refractivity contribution >= 4 is 16.3 Å². The third kappa shape index (κ3) is 2.60. The molecule has 0 aliphatic heterocycles. The van der Waals surface area contributed by atoms with Crippen molar-refractivity contribution < 1.29 is 51.0 Å². The van der Waals surface area contributed by atoms with Gasteiger partial charge in [0.25, 0.3) is 0 Å². The van der Waals surface area contributed by atoms with Crippen molar-refractivity contribution in [1.29, 1.82) is 0 Å². The van der Waals surface area contributed by atoms with Crippen LogP contribution in [0.4, 0.5) is 0 Å². The molecule has 3 heteroatoms. The van der Waals surface area contributed by atoms with Crippen LogP contribution in [-0.2, 0) is 32.6 Å². The molecule has 97 valence electrons. The molecule has 20 heavy (non-hydrogen) atoms. The summed E-state index contributed by atoms with van der Waals surface area (Å²) in [6, 6.07) is 13.1. The maximum atomic E-state index is 3.31. The summed E-state index contributed by atoms with van der Waals surface area (Å²) in [5, 5.41) is 2.68. The number of rotatable bonds is 0. The van der Waals surface area contributed by atoms with Gasteiger partial charge in [0.1, 0.15) is 0 Å². The summed E-state index contributed by atoms with van der Waals surface area (Å²) >= 11 is 0. The van der Waals surface area contributed by atoms with Crippen LogP contribution in [0.5, 0.6) is 0 Å². The molecule has 0 amide bonds. The van der Waals surface area contributed by atoms with E-state index in [2.05, 4.69) is 54.6 Å². The van der Waals surface area contributed by atoms with E-state index in [0.29, 0.717) is 0 Å². The van der Waals surface area contributed by atoms with E-state index in [0.717, 1.165) is 6.42 Å². The van der Waals surface area contributed by atoms with E-state index in [1.807, 2.05) is 6.08 Å². The van der Waals surface area contributed by atoms with Gasteiger partial charge in [0.2, 0.25) is 0 Å². The van der Waals surface area contributed by atoms with Gasteiger partial charge in [-0.1, -0.05) is 47.5 Å². The largest absolute Gasteiger partial charge is 3.00 e. The van der Waals surface area contributed by atoms with Gasteiger partial charge in [0.15, 0.2) is 0 Å². The van der Waals surface area contributed by atoms with Crippen LogP contribution in [0.15, 0.2) is 60.2 Å². The fourth-order valence-electron chi connectivity index (χ4n) is 2.79. The SMILES string of the molecule is [C-]1=CC=C2C1=CCc1ccc3ccccc3c12.[Cl-].[Cl-].[Zr+3]. The van der Waals surface area contributed by atoms with Crippen molar-refractivity contribution in [3.8, 4) is 0 Å². The van der Waals surface area contributed by atoms with E-state index in [-0.39, 0.29) is 51.0 Å². The Morgan fingerprint density at radius 1 is 0.950 bits per heavy atom. The molecule has 0 fully saturated rings. The standard InChI is InChI=1S/C17H11.2ClH.Zr/c1-2-6-15-12(4-1)8-10-14-11-9-13-5-3-7-16(13)17(14)15;;;/h1-4,6-10H,11H2;2*1H;/q-1;;;+3/p-2. The molecular formula is C17H11Cl2Zr. The second-order valence-corrected chi connectivity index (χ2v) is 4.53. The first-order chi connectivity index (χ1) is 8.43. The molecular weight excluding hydrogens is 366 g/mol. The monoisotopic (exact) mass is 375 g/mol. The topological polar surface area (TPSA) is 0 Å². The van der Waals surface area contributed by atoms with Gasteiger partial charge < -0.3 is 24.8 Å². The van der Waals surface area contributed by atoms with Crippen LogP contribution in [0.1, 0.15) is 11.1 Å². The van der Waals surface area contributed by atoms with E-state index in [4.69, 9.17) is 0 Å². The first-order valence-corrected chi connectivity index (χ1v) is 5.95. The van der Waals surface area contributed by atoms with Crippen molar-refractivity contribution in [1.82, 2.24) is 0 Å². The summed E-state index contributed by atoms with van der Waals surface area (Å²) < 4.78 is 0. The van der Waals surface area contributed by atoms with Crippen LogP contribution >= 0.6 is 0 Å². The van der Waals surface area contributed by atoms with Gasteiger partial charge in [-0.05, 0) is 17.2 Å². The van der Waals surface area contributed by atoms with Gasteiger partial charge >= 0.3 is 26.2 Å². The molecule has 0 atom stereocenters. The van der Waals surface area contributed by atoms with Crippen LogP contribution < -0.4 is 24.8 Å². The zero-order chi connectivity index (χ0) is 11.2. The Morgan fingerprint density at radius 2 is 1.75 bits per heavy atom. The van der Waals surface area contributed by atoms with Crippen LogP contribution in [-0.4, -0.2) is 0 Å². The van der Waals surface area contributed by atoms with E-state index < -0.39 is 0 Å². The van der Waals surface area contributed by atoms with Crippen LogP contribution in [0.2, 0.25) is 0 Å². The van der Waals surface area contributed by atoms with Crippen molar-refractivity contribution in [3.05, 3.63) is 77.4 Å². The molecule has 0 N–H and O–H groups in total. The van der Waals surface area contributed by atoms with E-state index in [1.165, 1.54) is 33.0 Å². The third-order valence-electron chi connectivity index (χ3n) is 3.59. The van der Waals surface area contributed by atoms with E-state index in [9.17, 15) is 0 Å². The van der Waals surface area contributed by atoms with Gasteiger partial charge in [-0.3, -0.25) is 0 Å². The Hall–Kier alpha value is -0.617. The minimum atomic E-state index is 0. The predicted octanol–water partition coefficient (Wildman–Crippen LogP) is -1.92. The average Bonchev–Trinajstić information content (AvgIpc) is 2.86. The molecule has 2 aromatic carbocycles. The molecule has 0 unspecified atom stereocenters. The maximum absolute atomic E-state index is 3.31. The van der Waals surface area contributed by atoms with E-state index >= 15 is 0 Å². The molecule has 0 saturated carbocycles. The molecule has 0 aromatic heterocycles. The Labute approximate surface area is 150 Å². The molecule has 0 heterocycles. The Bertz CT molecular complexity index is 727. The summed E-state index contributed by atoms with van der Waals surface area (Å²) in [6.07, 6.45) is 10.8. The van der Waals surface area contributed by atoms with Crippen LogP contribution in [0.3, 0.4) is 0 Å². The molecule has 0 saturated heterocycles. The predicted molar refractivity (Wildman–Crippen MR) is 71.5 cm³/mol.